The molecule has 0 aromatic heterocycles. The zero-order valence-corrected chi connectivity index (χ0v) is 24.2. The summed E-state index contributed by atoms with van der Waals surface area (Å²) >= 11 is 0. The molecule has 6 nitrogen and oxygen atoms in total. The van der Waals surface area contributed by atoms with Crippen LogP contribution in [-0.4, -0.2) is 61.5 Å². The van der Waals surface area contributed by atoms with E-state index in [1.807, 2.05) is 44.2 Å². The third-order valence-corrected chi connectivity index (χ3v) is 7.99. The number of benzene rings is 3. The minimum Gasteiger partial charge on any atom is -0.508 e. The SMILES string of the molecule is CC/C(=C(/c1ccc(O[C@H]2CCN(CCCF)C2)cc1)c1ccc(O)cc1C)c1ccc2c(c1)OCC(=O)N2CC. The number of carbonyl (C=O) groups is 1. The molecule has 3 aromatic rings. The number of anilines is 1. The quantitative estimate of drug-likeness (QED) is 0.283. The maximum absolute atomic E-state index is 12.6. The van der Waals surface area contributed by atoms with Gasteiger partial charge in [0, 0.05) is 26.2 Å². The molecule has 0 saturated carbocycles. The van der Waals surface area contributed by atoms with Crippen molar-refractivity contribution in [2.24, 2.45) is 0 Å². The average molecular weight is 559 g/mol. The molecule has 3 aromatic carbocycles. The van der Waals surface area contributed by atoms with Crippen molar-refractivity contribution in [3.8, 4) is 17.2 Å². The van der Waals surface area contributed by atoms with Crippen molar-refractivity contribution in [1.82, 2.24) is 4.90 Å². The summed E-state index contributed by atoms with van der Waals surface area (Å²) in [7, 11) is 0. The number of likely N-dealkylation sites (N-methyl/N-ethyl adjacent to an activating group) is 1. The zero-order valence-electron chi connectivity index (χ0n) is 24.2. The van der Waals surface area contributed by atoms with Crippen LogP contribution in [0.3, 0.4) is 0 Å². The van der Waals surface area contributed by atoms with Crippen molar-refractivity contribution >= 4 is 22.7 Å². The number of carbonyl (C=O) groups excluding carboxylic acids is 1. The number of ether oxygens (including phenoxy) is 2. The zero-order chi connectivity index (χ0) is 28.9. The summed E-state index contributed by atoms with van der Waals surface area (Å²) in [4.78, 5) is 16.4. The van der Waals surface area contributed by atoms with E-state index in [2.05, 4.69) is 30.0 Å². The fraction of sp³-hybridized carbons (Fsp3) is 0.382. The summed E-state index contributed by atoms with van der Waals surface area (Å²) < 4.78 is 24.7. The molecule has 2 heterocycles. The maximum Gasteiger partial charge on any atom is 0.265 e. The summed E-state index contributed by atoms with van der Waals surface area (Å²) in [6, 6.07) is 19.8. The number of aryl methyl sites for hydroxylation is 1. The van der Waals surface area contributed by atoms with Gasteiger partial charge in [0.1, 0.15) is 23.4 Å². The first-order valence-electron chi connectivity index (χ1n) is 14.6. The van der Waals surface area contributed by atoms with Crippen LogP contribution in [-0.2, 0) is 4.79 Å². The molecule has 1 amide bonds. The molecule has 1 N–H and O–H groups in total. The minimum absolute atomic E-state index is 0.0354. The second kappa shape index (κ2) is 12.8. The monoisotopic (exact) mass is 558 g/mol. The second-order valence-electron chi connectivity index (χ2n) is 10.7. The lowest BCUT2D eigenvalue weighted by Crippen LogP contribution is -2.38. The van der Waals surface area contributed by atoms with Crippen LogP contribution in [0.15, 0.2) is 60.7 Å². The Labute approximate surface area is 242 Å². The molecule has 0 spiro atoms. The first kappa shape index (κ1) is 28.7. The first-order chi connectivity index (χ1) is 19.9. The van der Waals surface area contributed by atoms with Crippen molar-refractivity contribution < 1.29 is 23.8 Å². The molecule has 2 aliphatic rings. The number of phenolic OH excluding ortho intramolecular Hbond substituents is 1. The number of nitrogens with zero attached hydrogens (tertiary/aromatic N) is 2. The topological polar surface area (TPSA) is 62.2 Å². The van der Waals surface area contributed by atoms with E-state index in [9.17, 15) is 14.3 Å². The van der Waals surface area contributed by atoms with Gasteiger partial charge in [-0.05, 0) is 103 Å². The molecule has 0 bridgehead atoms. The molecule has 216 valence electrons. The standard InChI is InChI=1S/C34H39FN2O4/c1-4-29(25-9-14-31-32(20-25)40-22-33(39)37(31)5-2)34(30-13-10-26(38)19-23(30)3)24-7-11-27(12-8-24)41-28-15-18-36(21-28)17-6-16-35/h7-14,19-20,28,38H,4-6,15-18,21-22H2,1-3H3/b34-29+/t28-/m0/s1. The van der Waals surface area contributed by atoms with E-state index in [0.29, 0.717) is 18.7 Å². The molecular formula is C34H39FN2O4. The third kappa shape index (κ3) is 6.25. The third-order valence-electron chi connectivity index (χ3n) is 7.99. The first-order valence-corrected chi connectivity index (χ1v) is 14.6. The van der Waals surface area contributed by atoms with Crippen LogP contribution < -0.4 is 14.4 Å². The second-order valence-corrected chi connectivity index (χ2v) is 10.7. The fourth-order valence-corrected chi connectivity index (χ4v) is 5.96. The van der Waals surface area contributed by atoms with Crippen LogP contribution in [0.4, 0.5) is 10.1 Å². The lowest BCUT2D eigenvalue weighted by atomic mass is 9.86. The summed E-state index contributed by atoms with van der Waals surface area (Å²) in [6.07, 6.45) is 2.37. The molecule has 1 atom stereocenters. The number of hydrogen-bond acceptors (Lipinski definition) is 5. The predicted molar refractivity (Wildman–Crippen MR) is 162 cm³/mol. The Kier molecular flexibility index (Phi) is 8.93. The molecule has 0 radical (unpaired) electrons. The normalized spacial score (nSPS) is 17.7. The Hall–Kier alpha value is -3.84. The summed E-state index contributed by atoms with van der Waals surface area (Å²) in [5, 5.41) is 10.1. The molecule has 1 saturated heterocycles. The molecule has 5 rings (SSSR count). The van der Waals surface area contributed by atoms with Crippen molar-refractivity contribution in [3.63, 3.8) is 0 Å². The number of halogens is 1. The van der Waals surface area contributed by atoms with Crippen LogP contribution in [0, 0.1) is 6.92 Å². The van der Waals surface area contributed by atoms with Crippen LogP contribution >= 0.6 is 0 Å². The van der Waals surface area contributed by atoms with E-state index < -0.39 is 0 Å². The number of aromatic hydroxyl groups is 1. The summed E-state index contributed by atoms with van der Waals surface area (Å²) in [5.41, 5.74) is 7.09. The van der Waals surface area contributed by atoms with Gasteiger partial charge in [-0.2, -0.15) is 0 Å². The Bertz CT molecular complexity index is 1420. The van der Waals surface area contributed by atoms with Gasteiger partial charge in [-0.3, -0.25) is 14.1 Å². The number of alkyl halides is 1. The van der Waals surface area contributed by atoms with Gasteiger partial charge in [-0.15, -0.1) is 0 Å². The minimum atomic E-state index is -0.283. The van der Waals surface area contributed by atoms with Crippen LogP contribution in [0.2, 0.25) is 0 Å². The molecule has 2 aliphatic heterocycles. The van der Waals surface area contributed by atoms with E-state index in [-0.39, 0.29) is 31.0 Å². The number of hydrogen-bond donors (Lipinski definition) is 1. The van der Waals surface area contributed by atoms with E-state index >= 15 is 0 Å². The van der Waals surface area contributed by atoms with E-state index in [1.165, 1.54) is 0 Å². The molecule has 7 heteroatoms. The lowest BCUT2D eigenvalue weighted by Gasteiger charge is -2.29. The van der Waals surface area contributed by atoms with Crippen molar-refractivity contribution in [2.75, 3.05) is 44.4 Å². The largest absolute Gasteiger partial charge is 0.508 e. The number of amides is 1. The van der Waals surface area contributed by atoms with Gasteiger partial charge in [-0.25, -0.2) is 0 Å². The van der Waals surface area contributed by atoms with Gasteiger partial charge < -0.3 is 19.5 Å². The number of likely N-dealkylation sites (tertiary alicyclic amines) is 1. The van der Waals surface area contributed by atoms with Gasteiger partial charge >= 0.3 is 0 Å². The average Bonchev–Trinajstić information content (AvgIpc) is 3.42. The molecule has 0 unspecified atom stereocenters. The Morgan fingerprint density at radius 3 is 2.56 bits per heavy atom. The van der Waals surface area contributed by atoms with Gasteiger partial charge in [-0.1, -0.05) is 31.2 Å². The molecule has 1 fully saturated rings. The van der Waals surface area contributed by atoms with Crippen molar-refractivity contribution in [1.29, 1.82) is 0 Å². The van der Waals surface area contributed by atoms with Crippen molar-refractivity contribution in [3.05, 3.63) is 82.9 Å². The highest BCUT2D eigenvalue weighted by Crippen LogP contribution is 2.41. The highest BCUT2D eigenvalue weighted by Gasteiger charge is 2.26. The lowest BCUT2D eigenvalue weighted by molar-refractivity contribution is -0.121. The summed E-state index contributed by atoms with van der Waals surface area (Å²) in [6.45, 7) is 8.99. The maximum atomic E-state index is 12.6. The molecule has 0 aliphatic carbocycles. The number of fused-ring (bicyclic) bond motifs is 1. The number of allylic oxidation sites excluding steroid dienone is 1. The van der Waals surface area contributed by atoms with E-state index in [0.717, 1.165) is 77.3 Å². The van der Waals surface area contributed by atoms with Gasteiger partial charge in [0.05, 0.1) is 12.4 Å². The van der Waals surface area contributed by atoms with Crippen LogP contribution in [0.1, 0.15) is 55.4 Å². The van der Waals surface area contributed by atoms with E-state index in [4.69, 9.17) is 9.47 Å². The smallest absolute Gasteiger partial charge is 0.265 e. The summed E-state index contributed by atoms with van der Waals surface area (Å²) in [5.74, 6) is 1.72. The predicted octanol–water partition coefficient (Wildman–Crippen LogP) is 6.63. The van der Waals surface area contributed by atoms with Crippen LogP contribution in [0.25, 0.3) is 11.1 Å². The van der Waals surface area contributed by atoms with Gasteiger partial charge in [0.15, 0.2) is 6.61 Å². The number of rotatable bonds is 10. The highest BCUT2D eigenvalue weighted by molar-refractivity contribution is 6.01. The Morgan fingerprint density at radius 1 is 1.07 bits per heavy atom. The Morgan fingerprint density at radius 2 is 1.85 bits per heavy atom. The van der Waals surface area contributed by atoms with Gasteiger partial charge in [0.2, 0.25) is 0 Å². The van der Waals surface area contributed by atoms with Crippen LogP contribution in [0.5, 0.6) is 17.2 Å². The van der Waals surface area contributed by atoms with E-state index in [1.54, 1.807) is 17.0 Å². The molecule has 41 heavy (non-hydrogen) atoms. The number of phenols is 1. The highest BCUT2D eigenvalue weighted by atomic mass is 19.1. The molecular weight excluding hydrogens is 519 g/mol. The Balaban J connectivity index is 1.51. The fourth-order valence-electron chi connectivity index (χ4n) is 5.96. The van der Waals surface area contributed by atoms with Gasteiger partial charge in [0.25, 0.3) is 5.91 Å². The van der Waals surface area contributed by atoms with Crippen molar-refractivity contribution in [2.45, 2.75) is 46.1 Å².